The van der Waals surface area contributed by atoms with E-state index >= 15 is 0 Å². The third-order valence-electron chi connectivity index (χ3n) is 4.19. The molecule has 24 heavy (non-hydrogen) atoms. The molecule has 2 bridgehead atoms. The van der Waals surface area contributed by atoms with Crippen LogP contribution in [-0.2, 0) is 23.8 Å². The second kappa shape index (κ2) is 8.70. The van der Waals surface area contributed by atoms with Gasteiger partial charge in [0.25, 0.3) is 0 Å². The average Bonchev–Trinajstić information content (AvgIpc) is 3.00. The summed E-state index contributed by atoms with van der Waals surface area (Å²) >= 11 is 0. The lowest BCUT2D eigenvalue weighted by Crippen LogP contribution is -2.30. The van der Waals surface area contributed by atoms with E-state index in [1.807, 2.05) is 0 Å². The highest BCUT2D eigenvalue weighted by molar-refractivity contribution is 6.18. The lowest BCUT2D eigenvalue weighted by atomic mass is 10.0. The number of ether oxygens (including phenoxy) is 3. The molecule has 0 N–H and O–H groups in total. The maximum Gasteiger partial charge on any atom is 0.345 e. The van der Waals surface area contributed by atoms with Crippen molar-refractivity contribution in [3.8, 4) is 11.8 Å². The van der Waals surface area contributed by atoms with Crippen LogP contribution in [0.4, 0.5) is 0 Å². The molecule has 0 aromatic carbocycles. The van der Waals surface area contributed by atoms with Crippen LogP contribution < -0.4 is 0 Å². The third kappa shape index (κ3) is 4.48. The molecule has 0 aromatic heterocycles. The van der Waals surface area contributed by atoms with Gasteiger partial charge >= 0.3 is 5.97 Å². The number of allylic oxidation sites excluding steroid dienone is 1. The molecule has 0 saturated carbocycles. The summed E-state index contributed by atoms with van der Waals surface area (Å²) in [6.07, 6.45) is 9.26. The van der Waals surface area contributed by atoms with Gasteiger partial charge in [-0.15, -0.1) is 11.8 Å². The molecule has 2 heterocycles. The smallest absolute Gasteiger partial charge is 0.345 e. The molecule has 2 aliphatic rings. The highest BCUT2D eigenvalue weighted by Gasteiger charge is 2.37. The summed E-state index contributed by atoms with van der Waals surface area (Å²) in [5.74, 6) is 4.68. The number of hydrogen-bond acceptors (Lipinski definition) is 5. The Kier molecular flexibility index (Phi) is 6.62. The van der Waals surface area contributed by atoms with Gasteiger partial charge in [-0.3, -0.25) is 4.79 Å². The van der Waals surface area contributed by atoms with E-state index in [1.54, 1.807) is 19.3 Å². The number of Topliss-reactive ketones (excluding diaryl/α,β-unsaturated/α-hetero) is 1. The van der Waals surface area contributed by atoms with Crippen molar-refractivity contribution in [2.45, 2.75) is 57.2 Å². The third-order valence-corrected chi connectivity index (χ3v) is 4.19. The Labute approximate surface area is 143 Å². The zero-order valence-corrected chi connectivity index (χ0v) is 14.4. The second-order valence-electron chi connectivity index (χ2n) is 5.87. The van der Waals surface area contributed by atoms with E-state index in [2.05, 4.69) is 11.8 Å². The summed E-state index contributed by atoms with van der Waals surface area (Å²) in [4.78, 5) is 24.6. The van der Waals surface area contributed by atoms with Gasteiger partial charge < -0.3 is 14.2 Å². The predicted molar refractivity (Wildman–Crippen MR) is 88.7 cm³/mol. The summed E-state index contributed by atoms with van der Waals surface area (Å²) in [5.41, 5.74) is -0.0289. The van der Waals surface area contributed by atoms with Gasteiger partial charge in [0, 0.05) is 32.8 Å². The van der Waals surface area contributed by atoms with Crippen LogP contribution in [0.2, 0.25) is 0 Å². The molecule has 0 aliphatic carbocycles. The maximum atomic E-state index is 12.5. The minimum absolute atomic E-state index is 0.0289. The number of rotatable bonds is 2. The first-order valence-corrected chi connectivity index (χ1v) is 8.37. The van der Waals surface area contributed by atoms with Crippen LogP contribution in [-0.4, -0.2) is 31.8 Å². The Bertz CT molecular complexity index is 605. The SMILES string of the molecule is COC(=O)/C1=C2\C=CC(OC)(CCCC#CCCCCCC1=O)O2. The molecule has 2 aliphatic heterocycles. The molecule has 5 nitrogen and oxygen atoms in total. The Morgan fingerprint density at radius 3 is 2.62 bits per heavy atom. The fourth-order valence-electron chi connectivity index (χ4n) is 2.79. The highest BCUT2D eigenvalue weighted by Crippen LogP contribution is 2.33. The topological polar surface area (TPSA) is 61.8 Å². The number of hydrogen-bond donors (Lipinski definition) is 0. The molecule has 0 spiro atoms. The van der Waals surface area contributed by atoms with Crippen molar-refractivity contribution in [3.63, 3.8) is 0 Å². The number of esters is 1. The van der Waals surface area contributed by atoms with Crippen molar-refractivity contribution in [3.05, 3.63) is 23.5 Å². The molecule has 0 saturated heterocycles. The molecular weight excluding hydrogens is 308 g/mol. The minimum Gasteiger partial charge on any atom is -0.465 e. The zero-order chi connectivity index (χ0) is 17.4. The fourth-order valence-corrected chi connectivity index (χ4v) is 2.79. The molecule has 2 rings (SSSR count). The lowest BCUT2D eigenvalue weighted by Gasteiger charge is -2.26. The van der Waals surface area contributed by atoms with Crippen LogP contribution in [0.25, 0.3) is 0 Å². The Balaban J connectivity index is 2.29. The molecule has 1 unspecified atom stereocenters. The normalized spacial score (nSPS) is 28.2. The summed E-state index contributed by atoms with van der Waals surface area (Å²) < 4.78 is 16.1. The summed E-state index contributed by atoms with van der Waals surface area (Å²) in [6, 6.07) is 0. The maximum absolute atomic E-state index is 12.5. The van der Waals surface area contributed by atoms with Crippen molar-refractivity contribution in [2.24, 2.45) is 0 Å². The van der Waals surface area contributed by atoms with E-state index in [0.29, 0.717) is 19.3 Å². The molecule has 1 atom stereocenters. The molecule has 130 valence electrons. The Morgan fingerprint density at radius 2 is 1.92 bits per heavy atom. The van der Waals surface area contributed by atoms with Gasteiger partial charge in [0.2, 0.25) is 5.79 Å². The first-order chi connectivity index (χ1) is 11.6. The standard InChI is InChI=1S/C19H24O5/c1-22-18(21)17-15(20)11-9-7-5-3-4-6-8-10-13-19(23-2)14-12-16(17)24-19/h12,14H,3,5,7-11,13H2,1-2H3/b17-16+. The monoisotopic (exact) mass is 332 g/mol. The van der Waals surface area contributed by atoms with Crippen molar-refractivity contribution >= 4 is 11.8 Å². The largest absolute Gasteiger partial charge is 0.465 e. The van der Waals surface area contributed by atoms with Crippen LogP contribution in [0, 0.1) is 11.8 Å². The van der Waals surface area contributed by atoms with Crippen LogP contribution in [0.5, 0.6) is 0 Å². The van der Waals surface area contributed by atoms with Crippen molar-refractivity contribution in [1.29, 1.82) is 0 Å². The summed E-state index contributed by atoms with van der Waals surface area (Å²) in [6.45, 7) is 0. The first-order valence-electron chi connectivity index (χ1n) is 8.37. The Hall–Kier alpha value is -2.06. The van der Waals surface area contributed by atoms with E-state index in [-0.39, 0.29) is 17.1 Å². The molecule has 0 fully saturated rings. The van der Waals surface area contributed by atoms with Gasteiger partial charge in [0.1, 0.15) is 11.3 Å². The Morgan fingerprint density at radius 1 is 1.17 bits per heavy atom. The number of carbonyl (C=O) groups is 2. The average molecular weight is 332 g/mol. The summed E-state index contributed by atoms with van der Waals surface area (Å²) in [7, 11) is 2.81. The second-order valence-corrected chi connectivity index (χ2v) is 5.87. The van der Waals surface area contributed by atoms with E-state index < -0.39 is 11.8 Å². The van der Waals surface area contributed by atoms with Gasteiger partial charge in [-0.25, -0.2) is 4.79 Å². The highest BCUT2D eigenvalue weighted by atomic mass is 16.7. The zero-order valence-electron chi connectivity index (χ0n) is 14.4. The van der Waals surface area contributed by atoms with Gasteiger partial charge in [-0.1, -0.05) is 6.42 Å². The first kappa shape index (κ1) is 18.3. The fraction of sp³-hybridized carbons (Fsp3) is 0.579. The van der Waals surface area contributed by atoms with Gasteiger partial charge in [-0.2, -0.15) is 0 Å². The van der Waals surface area contributed by atoms with Crippen molar-refractivity contribution in [1.82, 2.24) is 0 Å². The molecule has 0 radical (unpaired) electrons. The molecule has 0 amide bonds. The number of methoxy groups -OCH3 is 2. The van der Waals surface area contributed by atoms with E-state index in [1.165, 1.54) is 7.11 Å². The van der Waals surface area contributed by atoms with Gasteiger partial charge in [-0.05, 0) is 31.4 Å². The molecule has 0 aromatic rings. The minimum atomic E-state index is -0.948. The van der Waals surface area contributed by atoms with Crippen LogP contribution in [0.1, 0.15) is 51.4 Å². The van der Waals surface area contributed by atoms with Crippen LogP contribution in [0.15, 0.2) is 23.5 Å². The quantitative estimate of drug-likeness (QED) is 0.442. The van der Waals surface area contributed by atoms with Crippen LogP contribution in [0.3, 0.4) is 0 Å². The van der Waals surface area contributed by atoms with Crippen LogP contribution >= 0.6 is 0 Å². The molecular formula is C19H24O5. The number of carbonyl (C=O) groups excluding carboxylic acids is 2. The van der Waals surface area contributed by atoms with Crippen molar-refractivity contribution in [2.75, 3.05) is 14.2 Å². The molecule has 5 heteroatoms. The van der Waals surface area contributed by atoms with Crippen molar-refractivity contribution < 1.29 is 23.8 Å². The van der Waals surface area contributed by atoms with E-state index in [9.17, 15) is 9.59 Å². The van der Waals surface area contributed by atoms with Gasteiger partial charge in [0.15, 0.2) is 5.78 Å². The predicted octanol–water partition coefficient (Wildman–Crippen LogP) is 3.05. The summed E-state index contributed by atoms with van der Waals surface area (Å²) in [5, 5.41) is 0. The van der Waals surface area contributed by atoms with Gasteiger partial charge in [0.05, 0.1) is 7.11 Å². The lowest BCUT2D eigenvalue weighted by molar-refractivity contribution is -0.157. The number of fused-ring (bicyclic) bond motifs is 2. The van der Waals surface area contributed by atoms with E-state index in [0.717, 1.165) is 32.1 Å². The number of ketones is 1. The van der Waals surface area contributed by atoms with E-state index in [4.69, 9.17) is 14.2 Å².